The van der Waals surface area contributed by atoms with Crippen molar-refractivity contribution >= 4 is 17.6 Å². The van der Waals surface area contributed by atoms with E-state index in [1.165, 1.54) is 23.4 Å². The Morgan fingerprint density at radius 1 is 1.25 bits per heavy atom. The highest BCUT2D eigenvalue weighted by Gasteiger charge is 2.28. The average molecular weight is 293 g/mol. The summed E-state index contributed by atoms with van der Waals surface area (Å²) in [6.45, 7) is 12.1. The topological polar surface area (TPSA) is 37.8 Å². The van der Waals surface area contributed by atoms with Crippen molar-refractivity contribution in [2.24, 2.45) is 5.92 Å². The van der Waals surface area contributed by atoms with Crippen molar-refractivity contribution in [2.45, 2.75) is 70.1 Å². The fraction of sp³-hybridized carbons (Fsp3) is 0.750. The largest absolute Gasteiger partial charge is 0.370 e. The summed E-state index contributed by atoms with van der Waals surface area (Å²) in [5.74, 6) is 3.35. The van der Waals surface area contributed by atoms with Gasteiger partial charge in [0.15, 0.2) is 0 Å². The van der Waals surface area contributed by atoms with Crippen LogP contribution in [-0.4, -0.2) is 21.8 Å². The van der Waals surface area contributed by atoms with E-state index in [0.29, 0.717) is 17.1 Å². The third kappa shape index (κ3) is 3.87. The molecule has 1 aromatic rings. The highest BCUT2D eigenvalue weighted by Crippen LogP contribution is 2.40. The number of rotatable bonds is 7. The summed E-state index contributed by atoms with van der Waals surface area (Å²) in [7, 11) is 0. The maximum atomic E-state index is 4.84. The first-order valence-corrected chi connectivity index (χ1v) is 8.70. The van der Waals surface area contributed by atoms with Crippen LogP contribution in [0.4, 0.5) is 5.82 Å². The van der Waals surface area contributed by atoms with Gasteiger partial charge in [0.2, 0.25) is 0 Å². The van der Waals surface area contributed by atoms with Crippen LogP contribution in [0.15, 0.2) is 5.03 Å². The Labute approximate surface area is 127 Å². The van der Waals surface area contributed by atoms with E-state index < -0.39 is 0 Å². The number of hydrogen-bond acceptors (Lipinski definition) is 4. The number of thioether (sulfide) groups is 1. The molecule has 1 fully saturated rings. The monoisotopic (exact) mass is 293 g/mol. The van der Waals surface area contributed by atoms with Crippen molar-refractivity contribution in [2.75, 3.05) is 11.9 Å². The van der Waals surface area contributed by atoms with Crippen molar-refractivity contribution < 1.29 is 0 Å². The number of aromatic nitrogens is 2. The molecule has 4 heteroatoms. The standard InChI is InChI=1S/C16H27N3S/c1-6-9-17-14-11(4)16(20-12(5)10(2)3)19-15(18-14)13-7-8-13/h10,12-13H,6-9H2,1-5H3,(H,17,18,19). The van der Waals surface area contributed by atoms with E-state index in [0.717, 1.165) is 24.6 Å². The highest BCUT2D eigenvalue weighted by atomic mass is 32.2. The molecule has 1 saturated carbocycles. The summed E-state index contributed by atoms with van der Waals surface area (Å²) < 4.78 is 0. The smallest absolute Gasteiger partial charge is 0.135 e. The summed E-state index contributed by atoms with van der Waals surface area (Å²) in [6, 6.07) is 0. The van der Waals surface area contributed by atoms with Gasteiger partial charge >= 0.3 is 0 Å². The average Bonchev–Trinajstić information content (AvgIpc) is 3.23. The van der Waals surface area contributed by atoms with Crippen molar-refractivity contribution in [3.63, 3.8) is 0 Å². The fourth-order valence-corrected chi connectivity index (χ4v) is 2.92. The van der Waals surface area contributed by atoms with Gasteiger partial charge in [-0.05, 0) is 32.1 Å². The Morgan fingerprint density at radius 3 is 2.50 bits per heavy atom. The third-order valence-electron chi connectivity index (χ3n) is 3.84. The molecular formula is C16H27N3S. The predicted molar refractivity (Wildman–Crippen MR) is 87.7 cm³/mol. The maximum Gasteiger partial charge on any atom is 0.135 e. The minimum absolute atomic E-state index is 0.578. The van der Waals surface area contributed by atoms with E-state index in [9.17, 15) is 0 Å². The van der Waals surface area contributed by atoms with Crippen molar-refractivity contribution in [1.29, 1.82) is 0 Å². The highest BCUT2D eigenvalue weighted by molar-refractivity contribution is 7.99. The molecule has 0 spiro atoms. The van der Waals surface area contributed by atoms with E-state index in [2.05, 4.69) is 39.9 Å². The molecule has 2 rings (SSSR count). The van der Waals surface area contributed by atoms with Crippen LogP contribution in [0.25, 0.3) is 0 Å². The zero-order chi connectivity index (χ0) is 14.7. The van der Waals surface area contributed by atoms with E-state index in [4.69, 9.17) is 9.97 Å². The molecule has 0 amide bonds. The normalized spacial score (nSPS) is 16.5. The van der Waals surface area contributed by atoms with Gasteiger partial charge in [0.25, 0.3) is 0 Å². The lowest BCUT2D eigenvalue weighted by atomic mass is 10.2. The van der Waals surface area contributed by atoms with Crippen LogP contribution in [0.1, 0.15) is 64.3 Å². The van der Waals surface area contributed by atoms with Gasteiger partial charge in [-0.2, -0.15) is 0 Å². The van der Waals surface area contributed by atoms with Gasteiger partial charge in [0, 0.05) is 23.3 Å². The van der Waals surface area contributed by atoms with Crippen LogP contribution in [0.5, 0.6) is 0 Å². The summed E-state index contributed by atoms with van der Waals surface area (Å²) in [5.41, 5.74) is 1.21. The Hall–Kier alpha value is -0.770. The van der Waals surface area contributed by atoms with Gasteiger partial charge in [-0.15, -0.1) is 11.8 Å². The molecule has 0 saturated heterocycles. The van der Waals surface area contributed by atoms with Crippen molar-refractivity contribution in [1.82, 2.24) is 9.97 Å². The molecule has 1 atom stereocenters. The number of nitrogens with zero attached hydrogens (tertiary/aromatic N) is 2. The van der Waals surface area contributed by atoms with Gasteiger partial charge in [0.1, 0.15) is 16.7 Å². The van der Waals surface area contributed by atoms with Gasteiger partial charge in [-0.25, -0.2) is 9.97 Å². The second kappa shape index (κ2) is 6.79. The Kier molecular flexibility index (Phi) is 5.30. The Balaban J connectivity index is 2.25. The Bertz CT molecular complexity index is 455. The first kappa shape index (κ1) is 15.6. The minimum atomic E-state index is 0.578. The molecule has 20 heavy (non-hydrogen) atoms. The van der Waals surface area contributed by atoms with Crippen LogP contribution in [-0.2, 0) is 0 Å². The zero-order valence-electron chi connectivity index (χ0n) is 13.4. The van der Waals surface area contributed by atoms with E-state index in [1.807, 2.05) is 11.8 Å². The van der Waals surface area contributed by atoms with E-state index in [-0.39, 0.29) is 0 Å². The predicted octanol–water partition coefficient (Wildman–Crippen LogP) is 4.62. The van der Waals surface area contributed by atoms with Crippen LogP contribution >= 0.6 is 11.8 Å². The molecule has 3 nitrogen and oxygen atoms in total. The lowest BCUT2D eigenvalue weighted by Gasteiger charge is -2.18. The second-order valence-electron chi connectivity index (χ2n) is 6.13. The summed E-state index contributed by atoms with van der Waals surface area (Å²) in [6.07, 6.45) is 3.62. The summed E-state index contributed by atoms with van der Waals surface area (Å²) in [4.78, 5) is 9.59. The molecule has 0 radical (unpaired) electrons. The van der Waals surface area contributed by atoms with Crippen LogP contribution in [0, 0.1) is 12.8 Å². The van der Waals surface area contributed by atoms with Gasteiger partial charge < -0.3 is 5.32 Å². The number of nitrogens with one attached hydrogen (secondary N) is 1. The third-order valence-corrected chi connectivity index (χ3v) is 5.38. The SMILES string of the molecule is CCCNc1nc(C2CC2)nc(SC(C)C(C)C)c1C. The van der Waals surface area contributed by atoms with Gasteiger partial charge in [-0.1, -0.05) is 27.7 Å². The van der Waals surface area contributed by atoms with Crippen LogP contribution in [0.2, 0.25) is 0 Å². The van der Waals surface area contributed by atoms with E-state index >= 15 is 0 Å². The molecule has 112 valence electrons. The molecule has 1 aliphatic carbocycles. The molecule has 0 aromatic carbocycles. The van der Waals surface area contributed by atoms with E-state index in [1.54, 1.807) is 0 Å². The fourth-order valence-electron chi connectivity index (χ4n) is 1.88. The quantitative estimate of drug-likeness (QED) is 0.588. The maximum absolute atomic E-state index is 4.84. The van der Waals surface area contributed by atoms with Crippen molar-refractivity contribution in [3.05, 3.63) is 11.4 Å². The van der Waals surface area contributed by atoms with Crippen LogP contribution in [0.3, 0.4) is 0 Å². The lowest BCUT2D eigenvalue weighted by molar-refractivity contribution is 0.641. The molecule has 0 aliphatic heterocycles. The summed E-state index contributed by atoms with van der Waals surface area (Å²) in [5, 5.41) is 5.21. The second-order valence-corrected chi connectivity index (χ2v) is 7.49. The summed E-state index contributed by atoms with van der Waals surface area (Å²) >= 11 is 1.89. The van der Waals surface area contributed by atoms with Crippen LogP contribution < -0.4 is 5.32 Å². The molecule has 1 heterocycles. The molecule has 1 aliphatic rings. The molecule has 1 unspecified atom stereocenters. The van der Waals surface area contributed by atoms with Crippen molar-refractivity contribution in [3.8, 4) is 0 Å². The first-order chi connectivity index (χ1) is 9.52. The van der Waals surface area contributed by atoms with Gasteiger partial charge in [-0.3, -0.25) is 0 Å². The zero-order valence-corrected chi connectivity index (χ0v) is 14.2. The number of anilines is 1. The number of hydrogen-bond donors (Lipinski definition) is 1. The molecule has 0 bridgehead atoms. The first-order valence-electron chi connectivity index (χ1n) is 7.82. The molecule has 1 aromatic heterocycles. The van der Waals surface area contributed by atoms with Gasteiger partial charge in [0.05, 0.1) is 0 Å². The minimum Gasteiger partial charge on any atom is -0.370 e. The molecule has 1 N–H and O–H groups in total. The Morgan fingerprint density at radius 2 is 1.95 bits per heavy atom. The lowest BCUT2D eigenvalue weighted by Crippen LogP contribution is -2.11. The molecular weight excluding hydrogens is 266 g/mol.